The van der Waals surface area contributed by atoms with E-state index < -0.39 is 0 Å². The van der Waals surface area contributed by atoms with Crippen LogP contribution < -0.4 is 15.0 Å². The van der Waals surface area contributed by atoms with Crippen molar-refractivity contribution in [3.63, 3.8) is 0 Å². The molecule has 0 spiro atoms. The first-order chi connectivity index (χ1) is 11.9. The summed E-state index contributed by atoms with van der Waals surface area (Å²) in [6.07, 6.45) is 0. The third-order valence-corrected chi connectivity index (χ3v) is 4.40. The van der Waals surface area contributed by atoms with Crippen LogP contribution in [0.3, 0.4) is 0 Å². The Morgan fingerprint density at radius 2 is 1.84 bits per heavy atom. The van der Waals surface area contributed by atoms with E-state index in [-0.39, 0.29) is 12.5 Å². The van der Waals surface area contributed by atoms with Gasteiger partial charge in [0.25, 0.3) is 5.91 Å². The molecular weight excluding hydrogens is 359 g/mol. The molecule has 2 aromatic rings. The third kappa shape index (κ3) is 5.28. The standard InChI is InChI=1S/C19H22Cl2N2O2/c1-4-23(5-2)15-7-8-17(13(3)10-15)22-19(24)12-25-18-9-6-14(20)11-16(18)21/h6-11H,4-5,12H2,1-3H3,(H,22,24). The van der Waals surface area contributed by atoms with Crippen LogP contribution >= 0.6 is 23.2 Å². The van der Waals surface area contributed by atoms with Gasteiger partial charge in [0.15, 0.2) is 6.61 Å². The zero-order valence-electron chi connectivity index (χ0n) is 14.6. The summed E-state index contributed by atoms with van der Waals surface area (Å²) in [5.74, 6) is 0.180. The Bertz CT molecular complexity index is 746. The van der Waals surface area contributed by atoms with Crippen molar-refractivity contribution in [3.05, 3.63) is 52.0 Å². The summed E-state index contributed by atoms with van der Waals surface area (Å²) in [6, 6.07) is 10.9. The number of carbonyl (C=O) groups excluding carboxylic acids is 1. The average Bonchev–Trinajstić information content (AvgIpc) is 2.57. The second kappa shape index (κ2) is 8.97. The first-order valence-corrected chi connectivity index (χ1v) is 8.93. The van der Waals surface area contributed by atoms with E-state index in [1.165, 1.54) is 0 Å². The molecule has 2 rings (SSSR count). The lowest BCUT2D eigenvalue weighted by Crippen LogP contribution is -2.23. The Labute approximate surface area is 158 Å². The van der Waals surface area contributed by atoms with E-state index in [1.807, 2.05) is 19.1 Å². The van der Waals surface area contributed by atoms with E-state index >= 15 is 0 Å². The lowest BCUT2D eigenvalue weighted by atomic mass is 10.1. The van der Waals surface area contributed by atoms with Gasteiger partial charge in [-0.05, 0) is 62.7 Å². The van der Waals surface area contributed by atoms with Crippen molar-refractivity contribution in [1.29, 1.82) is 0 Å². The van der Waals surface area contributed by atoms with Crippen LogP contribution in [0.25, 0.3) is 0 Å². The number of halogens is 2. The van der Waals surface area contributed by atoms with Crippen molar-refractivity contribution in [1.82, 2.24) is 0 Å². The minimum atomic E-state index is -0.246. The average molecular weight is 381 g/mol. The summed E-state index contributed by atoms with van der Waals surface area (Å²) in [5, 5.41) is 3.76. The van der Waals surface area contributed by atoms with Gasteiger partial charge in [-0.3, -0.25) is 4.79 Å². The molecule has 134 valence electrons. The molecule has 0 saturated carbocycles. The van der Waals surface area contributed by atoms with Crippen molar-refractivity contribution in [2.45, 2.75) is 20.8 Å². The van der Waals surface area contributed by atoms with Gasteiger partial charge < -0.3 is 15.0 Å². The molecule has 6 heteroatoms. The van der Waals surface area contributed by atoms with E-state index in [9.17, 15) is 4.79 Å². The fraction of sp³-hybridized carbons (Fsp3) is 0.316. The Morgan fingerprint density at radius 1 is 1.12 bits per heavy atom. The monoisotopic (exact) mass is 380 g/mol. The second-order valence-electron chi connectivity index (χ2n) is 5.58. The molecule has 1 amide bonds. The number of aryl methyl sites for hydroxylation is 1. The number of rotatable bonds is 7. The van der Waals surface area contributed by atoms with E-state index in [1.54, 1.807) is 18.2 Å². The summed E-state index contributed by atoms with van der Waals surface area (Å²) in [6.45, 7) is 7.97. The number of hydrogen-bond acceptors (Lipinski definition) is 3. The number of benzene rings is 2. The van der Waals surface area contributed by atoms with Gasteiger partial charge in [0, 0.05) is 29.5 Å². The van der Waals surface area contributed by atoms with Crippen molar-refractivity contribution < 1.29 is 9.53 Å². The molecule has 0 bridgehead atoms. The van der Waals surface area contributed by atoms with Crippen LogP contribution in [0.15, 0.2) is 36.4 Å². The molecule has 0 aliphatic carbocycles. The predicted octanol–water partition coefficient (Wildman–Crippen LogP) is 5.17. The van der Waals surface area contributed by atoms with Crippen LogP contribution in [0, 0.1) is 6.92 Å². The molecular formula is C19H22Cl2N2O2. The highest BCUT2D eigenvalue weighted by Crippen LogP contribution is 2.27. The number of nitrogens with one attached hydrogen (secondary N) is 1. The fourth-order valence-corrected chi connectivity index (χ4v) is 2.96. The highest BCUT2D eigenvalue weighted by Gasteiger charge is 2.10. The number of nitrogens with zero attached hydrogens (tertiary/aromatic N) is 1. The molecule has 0 aromatic heterocycles. The summed E-state index contributed by atoms with van der Waals surface area (Å²) in [4.78, 5) is 14.4. The SMILES string of the molecule is CCN(CC)c1ccc(NC(=O)COc2ccc(Cl)cc2Cl)c(C)c1. The van der Waals surface area contributed by atoms with Crippen molar-refractivity contribution in [2.75, 3.05) is 29.9 Å². The Hall–Kier alpha value is -1.91. The van der Waals surface area contributed by atoms with E-state index in [2.05, 4.69) is 30.1 Å². The van der Waals surface area contributed by atoms with E-state index in [0.717, 1.165) is 30.0 Å². The van der Waals surface area contributed by atoms with E-state index in [0.29, 0.717) is 15.8 Å². The molecule has 25 heavy (non-hydrogen) atoms. The number of carbonyl (C=O) groups is 1. The predicted molar refractivity (Wildman–Crippen MR) is 105 cm³/mol. The first-order valence-electron chi connectivity index (χ1n) is 8.17. The highest BCUT2D eigenvalue weighted by molar-refractivity contribution is 6.35. The number of ether oxygens (including phenoxy) is 1. The topological polar surface area (TPSA) is 41.6 Å². The largest absolute Gasteiger partial charge is 0.482 e. The molecule has 4 nitrogen and oxygen atoms in total. The molecule has 0 unspecified atom stereocenters. The van der Waals surface area contributed by atoms with Crippen LogP contribution in [0.2, 0.25) is 10.0 Å². The van der Waals surface area contributed by atoms with Crippen molar-refractivity contribution in [3.8, 4) is 5.75 Å². The number of anilines is 2. The zero-order chi connectivity index (χ0) is 18.4. The lowest BCUT2D eigenvalue weighted by molar-refractivity contribution is -0.118. The maximum absolute atomic E-state index is 12.1. The van der Waals surface area contributed by atoms with Crippen LogP contribution in [0.4, 0.5) is 11.4 Å². The van der Waals surface area contributed by atoms with Gasteiger partial charge in [0.2, 0.25) is 0 Å². The van der Waals surface area contributed by atoms with Gasteiger partial charge in [-0.25, -0.2) is 0 Å². The van der Waals surface area contributed by atoms with Gasteiger partial charge in [0.1, 0.15) is 5.75 Å². The quantitative estimate of drug-likeness (QED) is 0.720. The van der Waals surface area contributed by atoms with Crippen molar-refractivity contribution >= 4 is 40.5 Å². The molecule has 2 aromatic carbocycles. The summed E-state index contributed by atoms with van der Waals surface area (Å²) in [5.41, 5.74) is 2.92. The van der Waals surface area contributed by atoms with Crippen LogP contribution in [0.5, 0.6) is 5.75 Å². The minimum Gasteiger partial charge on any atom is -0.482 e. The Morgan fingerprint density at radius 3 is 2.44 bits per heavy atom. The molecule has 0 atom stereocenters. The van der Waals surface area contributed by atoms with Gasteiger partial charge >= 0.3 is 0 Å². The maximum Gasteiger partial charge on any atom is 0.262 e. The Kier molecular flexibility index (Phi) is 6.97. The molecule has 0 heterocycles. The van der Waals surface area contributed by atoms with Crippen LogP contribution in [-0.2, 0) is 4.79 Å². The Balaban J connectivity index is 1.98. The molecule has 0 aliphatic heterocycles. The fourth-order valence-electron chi connectivity index (χ4n) is 2.50. The van der Waals surface area contributed by atoms with Crippen LogP contribution in [0.1, 0.15) is 19.4 Å². The van der Waals surface area contributed by atoms with Crippen molar-refractivity contribution in [2.24, 2.45) is 0 Å². The molecule has 0 saturated heterocycles. The molecule has 0 fully saturated rings. The summed E-state index contributed by atoms with van der Waals surface area (Å²) >= 11 is 11.9. The summed E-state index contributed by atoms with van der Waals surface area (Å²) < 4.78 is 5.45. The molecule has 1 N–H and O–H groups in total. The van der Waals surface area contributed by atoms with Gasteiger partial charge in [-0.15, -0.1) is 0 Å². The third-order valence-electron chi connectivity index (χ3n) is 3.87. The second-order valence-corrected chi connectivity index (χ2v) is 6.43. The highest BCUT2D eigenvalue weighted by atomic mass is 35.5. The zero-order valence-corrected chi connectivity index (χ0v) is 16.1. The number of amides is 1. The first kappa shape index (κ1) is 19.4. The maximum atomic E-state index is 12.1. The van der Waals surface area contributed by atoms with Gasteiger partial charge in [-0.2, -0.15) is 0 Å². The van der Waals surface area contributed by atoms with Gasteiger partial charge in [-0.1, -0.05) is 23.2 Å². The normalized spacial score (nSPS) is 10.4. The molecule has 0 aliphatic rings. The van der Waals surface area contributed by atoms with E-state index in [4.69, 9.17) is 27.9 Å². The summed E-state index contributed by atoms with van der Waals surface area (Å²) in [7, 11) is 0. The number of hydrogen-bond donors (Lipinski definition) is 1. The smallest absolute Gasteiger partial charge is 0.262 e. The van der Waals surface area contributed by atoms with Crippen LogP contribution in [-0.4, -0.2) is 25.6 Å². The minimum absolute atomic E-state index is 0.126. The molecule has 0 radical (unpaired) electrons. The van der Waals surface area contributed by atoms with Gasteiger partial charge in [0.05, 0.1) is 5.02 Å². The lowest BCUT2D eigenvalue weighted by Gasteiger charge is -2.22.